The van der Waals surface area contributed by atoms with Crippen LogP contribution in [-0.4, -0.2) is 19.7 Å². The predicted octanol–water partition coefficient (Wildman–Crippen LogP) is 3.10. The zero-order chi connectivity index (χ0) is 12.0. The topological polar surface area (TPSA) is 21.3 Å². The van der Waals surface area contributed by atoms with Gasteiger partial charge >= 0.3 is 0 Å². The van der Waals surface area contributed by atoms with Crippen molar-refractivity contribution in [3.8, 4) is 5.75 Å². The lowest BCUT2D eigenvalue weighted by Gasteiger charge is -2.09. The van der Waals surface area contributed by atoms with Crippen molar-refractivity contribution in [2.45, 2.75) is 26.8 Å². The molecule has 0 aliphatic rings. The van der Waals surface area contributed by atoms with Crippen LogP contribution in [0.4, 0.5) is 0 Å². The summed E-state index contributed by atoms with van der Waals surface area (Å²) in [5.41, 5.74) is 2.44. The molecule has 2 heteroatoms. The third kappa shape index (κ3) is 4.07. The molecule has 0 bridgehead atoms. The molecule has 0 fully saturated rings. The molecule has 2 nitrogen and oxygen atoms in total. The van der Waals surface area contributed by atoms with Gasteiger partial charge in [-0.2, -0.15) is 0 Å². The van der Waals surface area contributed by atoms with E-state index < -0.39 is 0 Å². The van der Waals surface area contributed by atoms with E-state index in [0.717, 1.165) is 17.9 Å². The summed E-state index contributed by atoms with van der Waals surface area (Å²) in [7, 11) is 1.70. The fourth-order valence-electron chi connectivity index (χ4n) is 1.47. The van der Waals surface area contributed by atoms with E-state index in [4.69, 9.17) is 4.74 Å². The number of benzene rings is 1. The Kier molecular flexibility index (Phi) is 5.06. The van der Waals surface area contributed by atoms with Crippen molar-refractivity contribution >= 4 is 6.08 Å². The minimum atomic E-state index is 0.515. The van der Waals surface area contributed by atoms with Gasteiger partial charge in [0.05, 0.1) is 7.11 Å². The van der Waals surface area contributed by atoms with E-state index in [9.17, 15) is 0 Å². The van der Waals surface area contributed by atoms with Crippen molar-refractivity contribution < 1.29 is 4.74 Å². The van der Waals surface area contributed by atoms with Gasteiger partial charge in [-0.1, -0.05) is 43.7 Å². The average Bonchev–Trinajstić information content (AvgIpc) is 2.27. The van der Waals surface area contributed by atoms with E-state index in [0.29, 0.717) is 6.04 Å². The summed E-state index contributed by atoms with van der Waals surface area (Å²) in [5.74, 6) is 0.923. The molecule has 0 radical (unpaired) electrons. The highest BCUT2D eigenvalue weighted by molar-refractivity contribution is 5.59. The molecule has 88 valence electrons. The van der Waals surface area contributed by atoms with Gasteiger partial charge in [0, 0.05) is 18.2 Å². The highest BCUT2D eigenvalue weighted by atomic mass is 16.5. The molecule has 0 aromatic heterocycles. The number of hydrogen-bond donors (Lipinski definition) is 1. The summed E-state index contributed by atoms with van der Waals surface area (Å²) >= 11 is 0. The minimum absolute atomic E-state index is 0.515. The largest absolute Gasteiger partial charge is 0.496 e. The summed E-state index contributed by atoms with van der Waals surface area (Å²) < 4.78 is 5.31. The SMILES string of the molecule is COc1ccccc1C=C(C)CNC(C)C. The Morgan fingerprint density at radius 2 is 2.06 bits per heavy atom. The Labute approximate surface area is 98.3 Å². The Bertz CT molecular complexity index is 356. The molecule has 0 aliphatic heterocycles. The summed E-state index contributed by atoms with van der Waals surface area (Å²) in [6, 6.07) is 8.57. The maximum atomic E-state index is 5.31. The number of methoxy groups -OCH3 is 1. The molecule has 1 rings (SSSR count). The number of rotatable bonds is 5. The minimum Gasteiger partial charge on any atom is -0.496 e. The molecule has 1 aromatic carbocycles. The first-order chi connectivity index (χ1) is 7.63. The number of para-hydroxylation sites is 1. The Balaban J connectivity index is 2.73. The van der Waals surface area contributed by atoms with Crippen LogP contribution in [-0.2, 0) is 0 Å². The molecule has 0 atom stereocenters. The van der Waals surface area contributed by atoms with Gasteiger partial charge in [-0.05, 0) is 13.0 Å². The molecule has 1 N–H and O–H groups in total. The maximum absolute atomic E-state index is 5.31. The van der Waals surface area contributed by atoms with Crippen molar-refractivity contribution in [3.05, 3.63) is 35.4 Å². The monoisotopic (exact) mass is 219 g/mol. The molecular weight excluding hydrogens is 198 g/mol. The van der Waals surface area contributed by atoms with Gasteiger partial charge < -0.3 is 10.1 Å². The first kappa shape index (κ1) is 12.8. The highest BCUT2D eigenvalue weighted by Crippen LogP contribution is 2.19. The van der Waals surface area contributed by atoms with Crippen LogP contribution in [0.2, 0.25) is 0 Å². The second-order valence-electron chi connectivity index (χ2n) is 4.27. The Morgan fingerprint density at radius 1 is 1.38 bits per heavy atom. The fraction of sp³-hybridized carbons (Fsp3) is 0.429. The van der Waals surface area contributed by atoms with Crippen molar-refractivity contribution in [1.29, 1.82) is 0 Å². The quantitative estimate of drug-likeness (QED) is 0.821. The second-order valence-corrected chi connectivity index (χ2v) is 4.27. The molecule has 0 amide bonds. The molecular formula is C14H21NO. The molecule has 0 saturated heterocycles. The van der Waals surface area contributed by atoms with Crippen LogP contribution in [0.1, 0.15) is 26.3 Å². The second kappa shape index (κ2) is 6.33. The Hall–Kier alpha value is -1.28. The lowest BCUT2D eigenvalue weighted by molar-refractivity contribution is 0.414. The van der Waals surface area contributed by atoms with Crippen LogP contribution in [0.3, 0.4) is 0 Å². The zero-order valence-corrected chi connectivity index (χ0v) is 10.6. The highest BCUT2D eigenvalue weighted by Gasteiger charge is 1.99. The molecule has 0 spiro atoms. The average molecular weight is 219 g/mol. The van der Waals surface area contributed by atoms with E-state index in [-0.39, 0.29) is 0 Å². The van der Waals surface area contributed by atoms with Gasteiger partial charge in [0.2, 0.25) is 0 Å². The van der Waals surface area contributed by atoms with Crippen molar-refractivity contribution in [2.24, 2.45) is 0 Å². The predicted molar refractivity (Wildman–Crippen MR) is 69.8 cm³/mol. The van der Waals surface area contributed by atoms with Crippen molar-refractivity contribution in [3.63, 3.8) is 0 Å². The molecule has 1 aromatic rings. The van der Waals surface area contributed by atoms with E-state index in [1.807, 2.05) is 18.2 Å². The van der Waals surface area contributed by atoms with E-state index in [1.165, 1.54) is 5.57 Å². The first-order valence-corrected chi connectivity index (χ1v) is 5.67. The van der Waals surface area contributed by atoms with Gasteiger partial charge in [0.25, 0.3) is 0 Å². The number of nitrogens with one attached hydrogen (secondary N) is 1. The van der Waals surface area contributed by atoms with Gasteiger partial charge in [0.15, 0.2) is 0 Å². The molecule has 0 aliphatic carbocycles. The Morgan fingerprint density at radius 3 is 2.69 bits per heavy atom. The smallest absolute Gasteiger partial charge is 0.126 e. The van der Waals surface area contributed by atoms with Crippen LogP contribution in [0, 0.1) is 0 Å². The van der Waals surface area contributed by atoms with Gasteiger partial charge in [-0.15, -0.1) is 0 Å². The molecule has 16 heavy (non-hydrogen) atoms. The standard InChI is InChI=1S/C14H21NO/c1-11(2)15-10-12(3)9-13-7-5-6-8-14(13)16-4/h5-9,11,15H,10H2,1-4H3. The molecule has 0 heterocycles. The van der Waals surface area contributed by atoms with Crippen molar-refractivity contribution in [2.75, 3.05) is 13.7 Å². The normalized spacial score (nSPS) is 11.9. The van der Waals surface area contributed by atoms with Gasteiger partial charge in [0.1, 0.15) is 5.75 Å². The van der Waals surface area contributed by atoms with Crippen LogP contribution in [0.5, 0.6) is 5.75 Å². The van der Waals surface area contributed by atoms with Gasteiger partial charge in [-0.3, -0.25) is 0 Å². The summed E-state index contributed by atoms with van der Waals surface area (Å²) in [6.45, 7) is 7.34. The van der Waals surface area contributed by atoms with E-state index in [2.05, 4.69) is 38.2 Å². The summed E-state index contributed by atoms with van der Waals surface area (Å²) in [4.78, 5) is 0. The van der Waals surface area contributed by atoms with Crippen LogP contribution < -0.4 is 10.1 Å². The van der Waals surface area contributed by atoms with E-state index >= 15 is 0 Å². The third-order valence-corrected chi connectivity index (χ3v) is 2.33. The van der Waals surface area contributed by atoms with Crippen LogP contribution in [0.25, 0.3) is 6.08 Å². The number of ether oxygens (including phenoxy) is 1. The van der Waals surface area contributed by atoms with Crippen LogP contribution >= 0.6 is 0 Å². The van der Waals surface area contributed by atoms with E-state index in [1.54, 1.807) is 7.11 Å². The fourth-order valence-corrected chi connectivity index (χ4v) is 1.47. The maximum Gasteiger partial charge on any atom is 0.126 e. The lowest BCUT2D eigenvalue weighted by atomic mass is 10.1. The van der Waals surface area contributed by atoms with Crippen molar-refractivity contribution in [1.82, 2.24) is 5.32 Å². The van der Waals surface area contributed by atoms with Gasteiger partial charge in [-0.25, -0.2) is 0 Å². The summed E-state index contributed by atoms with van der Waals surface area (Å²) in [5, 5.41) is 3.39. The molecule has 0 saturated carbocycles. The summed E-state index contributed by atoms with van der Waals surface area (Å²) in [6.07, 6.45) is 2.16. The zero-order valence-electron chi connectivity index (χ0n) is 10.6. The number of hydrogen-bond acceptors (Lipinski definition) is 2. The lowest BCUT2D eigenvalue weighted by Crippen LogP contribution is -2.24. The molecule has 0 unspecified atom stereocenters. The third-order valence-electron chi connectivity index (χ3n) is 2.33. The first-order valence-electron chi connectivity index (χ1n) is 5.67. The van der Waals surface area contributed by atoms with Crippen LogP contribution in [0.15, 0.2) is 29.8 Å².